The maximum Gasteiger partial charge on any atom is 0.419 e. The van der Waals surface area contributed by atoms with E-state index in [0.717, 1.165) is 57.4 Å². The molecular weight excluding hydrogens is 397 g/mol. The number of alkyl halides is 3. The minimum absolute atomic E-state index is 0.274. The van der Waals surface area contributed by atoms with Gasteiger partial charge < -0.3 is 15.4 Å². The third-order valence-electron chi connectivity index (χ3n) is 5.50. The Bertz CT molecular complexity index is 895. The third-order valence-corrected chi connectivity index (χ3v) is 5.50. The monoisotopic (exact) mass is 422 g/mol. The van der Waals surface area contributed by atoms with Gasteiger partial charge in [0, 0.05) is 63.6 Å². The lowest BCUT2D eigenvalue weighted by molar-refractivity contribution is -0.137. The number of piperazine rings is 1. The molecule has 0 atom stereocenters. The molecule has 4 rings (SSSR count). The Morgan fingerprint density at radius 2 is 1.87 bits per heavy atom. The lowest BCUT2D eigenvalue weighted by Gasteiger charge is -2.35. The summed E-state index contributed by atoms with van der Waals surface area (Å²) in [6.07, 6.45) is -1.22. The predicted octanol–water partition coefficient (Wildman–Crippen LogP) is 2.79. The first-order valence-electron chi connectivity index (χ1n) is 10.0. The molecule has 1 aliphatic heterocycles. The minimum Gasteiger partial charge on any atom is -0.383 e. The summed E-state index contributed by atoms with van der Waals surface area (Å²) < 4.78 is 45.0. The largest absolute Gasteiger partial charge is 0.419 e. The van der Waals surface area contributed by atoms with E-state index in [1.54, 1.807) is 13.2 Å². The van der Waals surface area contributed by atoms with Crippen LogP contribution in [0, 0.1) is 0 Å². The quantitative estimate of drug-likeness (QED) is 0.767. The molecule has 2 aromatic rings. The van der Waals surface area contributed by atoms with Crippen LogP contribution in [0.1, 0.15) is 30.1 Å². The smallest absolute Gasteiger partial charge is 0.383 e. The molecule has 1 saturated heterocycles. The molecule has 1 aliphatic carbocycles. The average Bonchev–Trinajstić information content (AvgIpc) is 3.57. The van der Waals surface area contributed by atoms with Crippen LogP contribution in [0.4, 0.5) is 24.8 Å². The van der Waals surface area contributed by atoms with Gasteiger partial charge in [0.25, 0.3) is 0 Å². The number of rotatable bonds is 6. The number of pyridine rings is 1. The Morgan fingerprint density at radius 3 is 2.50 bits per heavy atom. The fourth-order valence-corrected chi connectivity index (χ4v) is 3.55. The minimum atomic E-state index is -4.57. The highest BCUT2D eigenvalue weighted by Gasteiger charge is 2.34. The molecule has 3 heterocycles. The highest BCUT2D eigenvalue weighted by Crippen LogP contribution is 2.40. The summed E-state index contributed by atoms with van der Waals surface area (Å²) in [4.78, 5) is 17.5. The molecule has 2 N–H and O–H groups in total. The number of hydrogen-bond donors (Lipinski definition) is 1. The van der Waals surface area contributed by atoms with E-state index in [4.69, 9.17) is 15.5 Å². The number of halogens is 3. The van der Waals surface area contributed by atoms with Gasteiger partial charge in [-0.25, -0.2) is 15.0 Å². The van der Waals surface area contributed by atoms with Crippen molar-refractivity contribution in [3.05, 3.63) is 29.7 Å². The molecular formula is C20H25F3N6O. The van der Waals surface area contributed by atoms with E-state index in [1.165, 1.54) is 6.20 Å². The fourth-order valence-electron chi connectivity index (χ4n) is 3.55. The molecule has 2 fully saturated rings. The summed E-state index contributed by atoms with van der Waals surface area (Å²) in [6, 6.07) is 2.78. The third kappa shape index (κ3) is 4.65. The van der Waals surface area contributed by atoms with E-state index in [9.17, 15) is 13.2 Å². The van der Waals surface area contributed by atoms with Crippen molar-refractivity contribution in [1.29, 1.82) is 0 Å². The van der Waals surface area contributed by atoms with Gasteiger partial charge in [-0.1, -0.05) is 0 Å². The Morgan fingerprint density at radius 1 is 1.13 bits per heavy atom. The molecule has 7 nitrogen and oxygen atoms in total. The average molecular weight is 422 g/mol. The van der Waals surface area contributed by atoms with Gasteiger partial charge in [0.15, 0.2) is 0 Å². The van der Waals surface area contributed by atoms with Crippen molar-refractivity contribution >= 4 is 11.6 Å². The maximum atomic E-state index is 13.3. The van der Waals surface area contributed by atoms with Gasteiger partial charge in [-0.05, 0) is 18.9 Å². The van der Waals surface area contributed by atoms with Gasteiger partial charge in [0.2, 0.25) is 0 Å². The highest BCUT2D eigenvalue weighted by molar-refractivity contribution is 5.65. The van der Waals surface area contributed by atoms with E-state index in [1.807, 2.05) is 0 Å². The first-order valence-corrected chi connectivity index (χ1v) is 10.0. The van der Waals surface area contributed by atoms with Crippen LogP contribution in [0.15, 0.2) is 18.3 Å². The normalized spacial score (nSPS) is 18.1. The zero-order valence-corrected chi connectivity index (χ0v) is 16.8. The summed E-state index contributed by atoms with van der Waals surface area (Å²) in [5.74, 6) is 1.18. The van der Waals surface area contributed by atoms with Crippen LogP contribution in [0.2, 0.25) is 0 Å². The molecule has 2 aliphatic rings. The lowest BCUT2D eigenvalue weighted by Crippen LogP contribution is -2.47. The lowest BCUT2D eigenvalue weighted by atomic mass is 10.1. The molecule has 0 unspecified atom stereocenters. The number of nitrogens with zero attached hydrogens (tertiary/aromatic N) is 5. The SMILES string of the molecule is COCCN1CCN(c2cc(-c3cnc(N)c(C(F)(F)F)c3)nc(C3CC3)n2)CC1. The molecule has 0 spiro atoms. The molecule has 0 radical (unpaired) electrons. The standard InChI is InChI=1S/C20H25F3N6O/c1-30-9-8-28-4-6-29(7-5-28)17-11-16(26-19(27-17)13-2-3-13)14-10-15(20(21,22)23)18(24)25-12-14/h10-13H,2-9H2,1H3,(H2,24,25). The van der Waals surface area contributed by atoms with E-state index in [2.05, 4.69) is 19.8 Å². The van der Waals surface area contributed by atoms with Crippen molar-refractivity contribution in [3.8, 4) is 11.3 Å². The van der Waals surface area contributed by atoms with Crippen LogP contribution >= 0.6 is 0 Å². The Hall–Kier alpha value is -2.46. The van der Waals surface area contributed by atoms with E-state index in [-0.39, 0.29) is 5.92 Å². The van der Waals surface area contributed by atoms with E-state index < -0.39 is 17.6 Å². The van der Waals surface area contributed by atoms with Crippen molar-refractivity contribution < 1.29 is 17.9 Å². The van der Waals surface area contributed by atoms with Crippen molar-refractivity contribution in [2.75, 3.05) is 57.1 Å². The van der Waals surface area contributed by atoms with Crippen LogP contribution < -0.4 is 10.6 Å². The van der Waals surface area contributed by atoms with Gasteiger partial charge in [-0.2, -0.15) is 13.2 Å². The topological polar surface area (TPSA) is 80.4 Å². The molecule has 0 bridgehead atoms. The summed E-state index contributed by atoms with van der Waals surface area (Å²) in [6.45, 7) is 4.90. The van der Waals surface area contributed by atoms with Crippen molar-refractivity contribution in [3.63, 3.8) is 0 Å². The van der Waals surface area contributed by atoms with E-state index in [0.29, 0.717) is 23.7 Å². The summed E-state index contributed by atoms with van der Waals surface area (Å²) >= 11 is 0. The molecule has 2 aromatic heterocycles. The number of aromatic nitrogens is 3. The van der Waals surface area contributed by atoms with Crippen LogP contribution in [0.3, 0.4) is 0 Å². The Labute approximate surface area is 173 Å². The summed E-state index contributed by atoms with van der Waals surface area (Å²) in [5, 5.41) is 0. The fraction of sp³-hybridized carbons (Fsp3) is 0.550. The summed E-state index contributed by atoms with van der Waals surface area (Å²) in [7, 11) is 1.69. The first kappa shape index (κ1) is 20.8. The number of ether oxygens (including phenoxy) is 1. The van der Waals surface area contributed by atoms with Gasteiger partial charge in [0.05, 0.1) is 17.9 Å². The van der Waals surface area contributed by atoms with Crippen LogP contribution in [-0.2, 0) is 10.9 Å². The molecule has 1 saturated carbocycles. The van der Waals surface area contributed by atoms with Crippen LogP contribution in [-0.4, -0.2) is 66.3 Å². The number of methoxy groups -OCH3 is 1. The molecule has 10 heteroatoms. The highest BCUT2D eigenvalue weighted by atomic mass is 19.4. The van der Waals surface area contributed by atoms with Crippen molar-refractivity contribution in [2.45, 2.75) is 24.9 Å². The molecule has 30 heavy (non-hydrogen) atoms. The van der Waals surface area contributed by atoms with Crippen molar-refractivity contribution in [1.82, 2.24) is 19.9 Å². The van der Waals surface area contributed by atoms with Crippen molar-refractivity contribution in [2.24, 2.45) is 0 Å². The van der Waals surface area contributed by atoms with E-state index >= 15 is 0 Å². The molecule has 0 amide bonds. The second kappa shape index (κ2) is 8.35. The van der Waals surface area contributed by atoms with Gasteiger partial charge in [-0.15, -0.1) is 0 Å². The predicted molar refractivity (Wildman–Crippen MR) is 107 cm³/mol. The Kier molecular flexibility index (Phi) is 5.79. The maximum absolute atomic E-state index is 13.3. The zero-order valence-electron chi connectivity index (χ0n) is 16.8. The Balaban J connectivity index is 1.62. The second-order valence-electron chi connectivity index (χ2n) is 7.72. The first-order chi connectivity index (χ1) is 14.3. The van der Waals surface area contributed by atoms with Gasteiger partial charge >= 0.3 is 6.18 Å². The second-order valence-corrected chi connectivity index (χ2v) is 7.72. The number of nitrogen functional groups attached to an aromatic ring is 1. The van der Waals surface area contributed by atoms with Gasteiger partial charge in [0.1, 0.15) is 17.5 Å². The summed E-state index contributed by atoms with van der Waals surface area (Å²) in [5.41, 5.74) is 5.24. The number of nitrogens with two attached hydrogens (primary N) is 1. The molecule has 162 valence electrons. The van der Waals surface area contributed by atoms with Crippen LogP contribution in [0.5, 0.6) is 0 Å². The zero-order chi connectivity index (χ0) is 21.3. The van der Waals surface area contributed by atoms with Crippen LogP contribution in [0.25, 0.3) is 11.3 Å². The number of anilines is 2. The van der Waals surface area contributed by atoms with Gasteiger partial charge in [-0.3, -0.25) is 4.90 Å². The molecule has 0 aromatic carbocycles. The number of hydrogen-bond acceptors (Lipinski definition) is 7.